The van der Waals surface area contributed by atoms with Crippen LogP contribution in [0.4, 0.5) is 4.39 Å². The molecule has 1 heterocycles. The molecule has 0 bridgehead atoms. The van der Waals surface area contributed by atoms with Crippen molar-refractivity contribution in [3.63, 3.8) is 0 Å². The minimum Gasteiger partial charge on any atom is -0.379 e. The summed E-state index contributed by atoms with van der Waals surface area (Å²) in [4.78, 5) is 14.9. The third-order valence-corrected chi connectivity index (χ3v) is 5.00. The van der Waals surface area contributed by atoms with Crippen molar-refractivity contribution in [1.82, 2.24) is 10.2 Å². The lowest BCUT2D eigenvalue weighted by Gasteiger charge is -2.35. The fraction of sp³-hybridized carbons (Fsp3) is 0.348. The van der Waals surface area contributed by atoms with Gasteiger partial charge in [0.2, 0.25) is 5.91 Å². The van der Waals surface area contributed by atoms with Crippen molar-refractivity contribution in [2.45, 2.75) is 19.9 Å². The van der Waals surface area contributed by atoms with E-state index >= 15 is 0 Å². The summed E-state index contributed by atoms with van der Waals surface area (Å²) in [5.74, 6) is -0.519. The Balaban J connectivity index is 1.72. The SMILES string of the molecule is C/C(=C\c1ccccc1F)C(=O)NCC(c1cccc(C)c1)N1CCOCC1. The number of halogens is 1. The van der Waals surface area contributed by atoms with Crippen molar-refractivity contribution in [2.24, 2.45) is 0 Å². The zero-order valence-corrected chi connectivity index (χ0v) is 16.5. The van der Waals surface area contributed by atoms with E-state index in [1.165, 1.54) is 17.2 Å². The lowest BCUT2D eigenvalue weighted by atomic mass is 10.0. The number of aryl methyl sites for hydroxylation is 1. The van der Waals surface area contributed by atoms with Crippen LogP contribution in [-0.2, 0) is 9.53 Å². The Morgan fingerprint density at radius 3 is 2.68 bits per heavy atom. The van der Waals surface area contributed by atoms with Crippen LogP contribution in [0, 0.1) is 12.7 Å². The van der Waals surface area contributed by atoms with Gasteiger partial charge in [0.25, 0.3) is 0 Å². The third kappa shape index (κ3) is 5.27. The van der Waals surface area contributed by atoms with Crippen molar-refractivity contribution >= 4 is 12.0 Å². The number of rotatable bonds is 6. The number of morpholine rings is 1. The van der Waals surface area contributed by atoms with Crippen molar-refractivity contribution in [3.05, 3.63) is 76.6 Å². The molecule has 3 rings (SSSR count). The number of hydrogen-bond donors (Lipinski definition) is 1. The molecule has 2 aromatic rings. The van der Waals surface area contributed by atoms with Gasteiger partial charge < -0.3 is 10.1 Å². The Morgan fingerprint density at radius 1 is 1.21 bits per heavy atom. The normalized spacial score (nSPS) is 16.6. The number of carbonyl (C=O) groups is 1. The van der Waals surface area contributed by atoms with Gasteiger partial charge in [0.1, 0.15) is 5.82 Å². The van der Waals surface area contributed by atoms with Crippen molar-refractivity contribution < 1.29 is 13.9 Å². The zero-order chi connectivity index (χ0) is 19.9. The van der Waals surface area contributed by atoms with Gasteiger partial charge in [-0.3, -0.25) is 9.69 Å². The number of benzene rings is 2. The summed E-state index contributed by atoms with van der Waals surface area (Å²) in [5, 5.41) is 3.03. The van der Waals surface area contributed by atoms with E-state index in [0.717, 1.165) is 13.1 Å². The molecule has 5 heteroatoms. The van der Waals surface area contributed by atoms with Crippen LogP contribution in [0.1, 0.15) is 29.7 Å². The quantitative estimate of drug-likeness (QED) is 0.774. The van der Waals surface area contributed by atoms with Gasteiger partial charge in [-0.1, -0.05) is 48.0 Å². The maximum atomic E-state index is 13.8. The molecular formula is C23H27FN2O2. The minimum atomic E-state index is -0.333. The van der Waals surface area contributed by atoms with E-state index in [1.54, 1.807) is 31.2 Å². The molecule has 1 saturated heterocycles. The first-order valence-corrected chi connectivity index (χ1v) is 9.64. The molecule has 28 heavy (non-hydrogen) atoms. The third-order valence-electron chi connectivity index (χ3n) is 5.00. The largest absolute Gasteiger partial charge is 0.379 e. The number of nitrogens with zero attached hydrogens (tertiary/aromatic N) is 1. The molecule has 0 spiro atoms. The molecule has 1 unspecified atom stereocenters. The molecule has 1 amide bonds. The zero-order valence-electron chi connectivity index (χ0n) is 16.5. The highest BCUT2D eigenvalue weighted by Gasteiger charge is 2.23. The number of ether oxygens (including phenoxy) is 1. The molecule has 1 aliphatic rings. The number of amides is 1. The smallest absolute Gasteiger partial charge is 0.247 e. The number of carbonyl (C=O) groups excluding carboxylic acids is 1. The van der Waals surface area contributed by atoms with Gasteiger partial charge in [0.15, 0.2) is 0 Å². The molecule has 0 aliphatic carbocycles. The molecule has 1 aliphatic heterocycles. The predicted octanol–water partition coefficient (Wildman–Crippen LogP) is 3.73. The van der Waals surface area contributed by atoms with Crippen LogP contribution in [-0.4, -0.2) is 43.7 Å². The molecule has 2 aromatic carbocycles. The Morgan fingerprint density at radius 2 is 1.96 bits per heavy atom. The molecule has 0 radical (unpaired) electrons. The lowest BCUT2D eigenvalue weighted by Crippen LogP contribution is -2.44. The van der Waals surface area contributed by atoms with Crippen LogP contribution in [0.25, 0.3) is 6.08 Å². The fourth-order valence-corrected chi connectivity index (χ4v) is 3.44. The molecule has 1 atom stereocenters. The highest BCUT2D eigenvalue weighted by molar-refractivity contribution is 5.97. The Kier molecular flexibility index (Phi) is 6.95. The van der Waals surface area contributed by atoms with Crippen LogP contribution in [0.15, 0.2) is 54.1 Å². The Labute approximate surface area is 166 Å². The van der Waals surface area contributed by atoms with Gasteiger partial charge in [0.05, 0.1) is 19.3 Å². The highest BCUT2D eigenvalue weighted by Crippen LogP contribution is 2.22. The summed E-state index contributed by atoms with van der Waals surface area (Å²) < 4.78 is 19.3. The first-order chi connectivity index (χ1) is 13.5. The van der Waals surface area contributed by atoms with Crippen molar-refractivity contribution in [2.75, 3.05) is 32.8 Å². The number of hydrogen-bond acceptors (Lipinski definition) is 3. The van der Waals surface area contributed by atoms with E-state index in [4.69, 9.17) is 4.74 Å². The number of nitrogens with one attached hydrogen (secondary N) is 1. The monoisotopic (exact) mass is 382 g/mol. The minimum absolute atomic E-state index is 0.0778. The average Bonchev–Trinajstić information content (AvgIpc) is 2.70. The molecule has 1 fully saturated rings. The van der Waals surface area contributed by atoms with Gasteiger partial charge in [-0.05, 0) is 31.6 Å². The first-order valence-electron chi connectivity index (χ1n) is 9.64. The van der Waals surface area contributed by atoms with Crippen LogP contribution in [0.3, 0.4) is 0 Å². The van der Waals surface area contributed by atoms with Crippen molar-refractivity contribution in [3.8, 4) is 0 Å². The van der Waals surface area contributed by atoms with E-state index in [1.807, 2.05) is 6.07 Å². The van der Waals surface area contributed by atoms with Crippen LogP contribution < -0.4 is 5.32 Å². The van der Waals surface area contributed by atoms with Gasteiger partial charge in [-0.2, -0.15) is 0 Å². The van der Waals surface area contributed by atoms with Gasteiger partial charge in [-0.25, -0.2) is 4.39 Å². The summed E-state index contributed by atoms with van der Waals surface area (Å²) in [5.41, 5.74) is 3.27. The van der Waals surface area contributed by atoms with Gasteiger partial charge in [0, 0.05) is 30.8 Å². The standard InChI is InChI=1S/C23H27FN2O2/c1-17-6-5-8-20(14-17)22(26-10-12-28-13-11-26)16-25-23(27)18(2)15-19-7-3-4-9-21(19)24/h3-9,14-15,22H,10-13,16H2,1-2H3,(H,25,27)/b18-15+. The molecule has 0 aromatic heterocycles. The second-order valence-electron chi connectivity index (χ2n) is 7.14. The van der Waals surface area contributed by atoms with E-state index in [0.29, 0.717) is 30.9 Å². The topological polar surface area (TPSA) is 41.6 Å². The fourth-order valence-electron chi connectivity index (χ4n) is 3.44. The maximum Gasteiger partial charge on any atom is 0.247 e. The average molecular weight is 382 g/mol. The van der Waals surface area contributed by atoms with E-state index in [9.17, 15) is 9.18 Å². The second kappa shape index (κ2) is 9.62. The first kappa shape index (κ1) is 20.2. The molecule has 148 valence electrons. The maximum absolute atomic E-state index is 13.8. The van der Waals surface area contributed by atoms with Crippen LogP contribution in [0.2, 0.25) is 0 Å². The van der Waals surface area contributed by atoms with Crippen molar-refractivity contribution in [1.29, 1.82) is 0 Å². The Hall–Kier alpha value is -2.50. The summed E-state index contributed by atoms with van der Waals surface area (Å²) in [7, 11) is 0. The van der Waals surface area contributed by atoms with Gasteiger partial charge in [-0.15, -0.1) is 0 Å². The van der Waals surface area contributed by atoms with Crippen LogP contribution >= 0.6 is 0 Å². The van der Waals surface area contributed by atoms with E-state index in [-0.39, 0.29) is 17.8 Å². The summed E-state index contributed by atoms with van der Waals surface area (Å²) in [6.45, 7) is 7.32. The summed E-state index contributed by atoms with van der Waals surface area (Å²) in [6, 6.07) is 14.9. The molecule has 1 N–H and O–H groups in total. The second-order valence-corrected chi connectivity index (χ2v) is 7.14. The summed E-state index contributed by atoms with van der Waals surface area (Å²) in [6.07, 6.45) is 1.58. The lowest BCUT2D eigenvalue weighted by molar-refractivity contribution is -0.117. The molecule has 4 nitrogen and oxygen atoms in total. The Bertz CT molecular complexity index is 844. The van der Waals surface area contributed by atoms with Crippen LogP contribution in [0.5, 0.6) is 0 Å². The highest BCUT2D eigenvalue weighted by atomic mass is 19.1. The molecular weight excluding hydrogens is 355 g/mol. The van der Waals surface area contributed by atoms with Gasteiger partial charge >= 0.3 is 0 Å². The molecule has 0 saturated carbocycles. The van der Waals surface area contributed by atoms with E-state index in [2.05, 4.69) is 35.3 Å². The summed E-state index contributed by atoms with van der Waals surface area (Å²) >= 11 is 0. The predicted molar refractivity (Wildman–Crippen MR) is 109 cm³/mol. The van der Waals surface area contributed by atoms with E-state index < -0.39 is 0 Å².